The Morgan fingerprint density at radius 2 is 2.00 bits per heavy atom. The first-order valence-electron chi connectivity index (χ1n) is 6.52. The van der Waals surface area contributed by atoms with Gasteiger partial charge in [0.15, 0.2) is 5.84 Å². The number of carbonyl (C=O) groups is 1. The molecule has 0 unspecified atom stereocenters. The van der Waals surface area contributed by atoms with Gasteiger partial charge in [-0.3, -0.25) is 0 Å². The van der Waals surface area contributed by atoms with Crippen LogP contribution < -0.4 is 10.5 Å². The van der Waals surface area contributed by atoms with Crippen molar-refractivity contribution in [2.45, 2.75) is 17.3 Å². The molecule has 6 nitrogen and oxygen atoms in total. The van der Waals surface area contributed by atoms with E-state index in [2.05, 4.69) is 15.0 Å². The van der Waals surface area contributed by atoms with Gasteiger partial charge in [0, 0.05) is 11.8 Å². The molecular weight excluding hydrogens is 397 g/mol. The minimum Gasteiger partial charge on any atom is -0.488 e. The number of halogens is 3. The van der Waals surface area contributed by atoms with Gasteiger partial charge in [-0.05, 0) is 31.2 Å². The van der Waals surface area contributed by atoms with Gasteiger partial charge in [-0.25, -0.2) is 9.78 Å². The summed E-state index contributed by atoms with van der Waals surface area (Å²) >= 11 is 17.6. The van der Waals surface area contributed by atoms with Crippen LogP contribution in [0, 0.1) is 6.92 Å². The second-order valence-electron chi connectivity index (χ2n) is 4.51. The number of oxime groups is 1. The quantitative estimate of drug-likeness (QED) is 0.269. The van der Waals surface area contributed by atoms with Crippen LogP contribution in [0.2, 0.25) is 0 Å². The van der Waals surface area contributed by atoms with Gasteiger partial charge in [-0.2, -0.15) is 0 Å². The van der Waals surface area contributed by atoms with Crippen molar-refractivity contribution < 1.29 is 14.4 Å². The summed E-state index contributed by atoms with van der Waals surface area (Å²) in [5, 5.41) is 4.41. The van der Waals surface area contributed by atoms with E-state index in [4.69, 9.17) is 45.3 Å². The summed E-state index contributed by atoms with van der Waals surface area (Å²) in [6.07, 6.45) is 1.78. The third-order valence-corrected chi connectivity index (χ3v) is 4.01. The van der Waals surface area contributed by atoms with Gasteiger partial charge in [0.2, 0.25) is 0 Å². The zero-order valence-electron chi connectivity index (χ0n) is 12.3. The minimum absolute atomic E-state index is 0.0396. The van der Waals surface area contributed by atoms with Crippen molar-refractivity contribution in [2.24, 2.45) is 10.9 Å². The third kappa shape index (κ3) is 5.52. The monoisotopic (exact) mass is 407 g/mol. The number of amidine groups is 1. The summed E-state index contributed by atoms with van der Waals surface area (Å²) in [6.45, 7) is 2.36. The van der Waals surface area contributed by atoms with Gasteiger partial charge in [0.05, 0.1) is 9.88 Å². The van der Waals surface area contributed by atoms with E-state index in [9.17, 15) is 4.79 Å². The topological polar surface area (TPSA) is 86.8 Å². The maximum Gasteiger partial charge on any atom is 0.386 e. The van der Waals surface area contributed by atoms with Gasteiger partial charge in [0.1, 0.15) is 12.4 Å². The molecule has 0 amide bonds. The Balaban J connectivity index is 1.94. The average molecular weight is 409 g/mol. The van der Waals surface area contributed by atoms with Crippen molar-refractivity contribution >= 4 is 57.9 Å². The van der Waals surface area contributed by atoms with E-state index < -0.39 is 9.76 Å². The van der Waals surface area contributed by atoms with E-state index >= 15 is 0 Å². The zero-order chi connectivity index (χ0) is 17.7. The van der Waals surface area contributed by atoms with Crippen molar-refractivity contribution in [1.82, 2.24) is 4.98 Å². The van der Waals surface area contributed by atoms with Crippen LogP contribution in [0.4, 0.5) is 0 Å². The number of thiazole rings is 1. The number of aromatic nitrogens is 1. The summed E-state index contributed by atoms with van der Waals surface area (Å²) in [4.78, 5) is 20.9. The lowest BCUT2D eigenvalue weighted by molar-refractivity contribution is -0.142. The molecular formula is C14H12Cl3N3O3S. The van der Waals surface area contributed by atoms with Crippen LogP contribution >= 0.6 is 46.1 Å². The Morgan fingerprint density at radius 3 is 2.54 bits per heavy atom. The van der Waals surface area contributed by atoms with Crippen LogP contribution in [0.3, 0.4) is 0 Å². The highest BCUT2D eigenvalue weighted by molar-refractivity contribution is 7.11. The van der Waals surface area contributed by atoms with Crippen molar-refractivity contribution in [3.63, 3.8) is 0 Å². The second-order valence-corrected chi connectivity index (χ2v) is 8.11. The van der Waals surface area contributed by atoms with Crippen molar-refractivity contribution in [1.29, 1.82) is 0 Å². The van der Waals surface area contributed by atoms with E-state index in [1.54, 1.807) is 41.8 Å². The molecule has 2 rings (SSSR count). The lowest BCUT2D eigenvalue weighted by atomic mass is 10.2. The molecule has 1 aromatic heterocycles. The number of nitrogens with two attached hydrogens (primary N) is 1. The molecule has 0 aliphatic carbocycles. The number of nitrogens with zero attached hydrogens (tertiary/aromatic N) is 2. The lowest BCUT2D eigenvalue weighted by Gasteiger charge is -2.07. The highest BCUT2D eigenvalue weighted by Crippen LogP contribution is 2.27. The molecule has 2 aromatic rings. The molecule has 0 saturated heterocycles. The molecule has 0 fully saturated rings. The third-order valence-electron chi connectivity index (χ3n) is 2.66. The number of benzene rings is 1. The Labute approximate surface area is 157 Å². The molecule has 24 heavy (non-hydrogen) atoms. The Morgan fingerprint density at radius 1 is 1.33 bits per heavy atom. The normalized spacial score (nSPS) is 12.1. The number of hydrogen-bond donors (Lipinski definition) is 1. The van der Waals surface area contributed by atoms with Crippen LogP contribution in [-0.2, 0) is 16.2 Å². The van der Waals surface area contributed by atoms with E-state index in [1.165, 1.54) is 0 Å². The molecule has 1 heterocycles. The largest absolute Gasteiger partial charge is 0.488 e. The first-order chi connectivity index (χ1) is 11.3. The lowest BCUT2D eigenvalue weighted by Crippen LogP contribution is -2.22. The Bertz CT molecular complexity index is 742. The average Bonchev–Trinajstić information content (AvgIpc) is 2.95. The first kappa shape index (κ1) is 18.8. The number of alkyl halides is 3. The highest BCUT2D eigenvalue weighted by Gasteiger charge is 2.33. The van der Waals surface area contributed by atoms with Crippen LogP contribution in [0.25, 0.3) is 0 Å². The molecule has 0 aliphatic rings. The maximum absolute atomic E-state index is 11.3. The summed E-state index contributed by atoms with van der Waals surface area (Å²) < 4.78 is 3.42. The van der Waals surface area contributed by atoms with Gasteiger partial charge < -0.3 is 15.3 Å². The summed E-state index contributed by atoms with van der Waals surface area (Å²) in [7, 11) is 0. The number of hydrogen-bond acceptors (Lipinski definition) is 6. The number of ether oxygens (including phenoxy) is 1. The van der Waals surface area contributed by atoms with Gasteiger partial charge >= 0.3 is 5.97 Å². The number of aryl methyl sites for hydroxylation is 1. The second kappa shape index (κ2) is 8.02. The Hall–Kier alpha value is -1.54. The van der Waals surface area contributed by atoms with Crippen LogP contribution in [0.1, 0.15) is 15.4 Å². The molecule has 10 heteroatoms. The predicted octanol–water partition coefficient (Wildman–Crippen LogP) is 3.56. The molecule has 2 N–H and O–H groups in total. The van der Waals surface area contributed by atoms with Gasteiger partial charge in [-0.15, -0.1) is 11.3 Å². The SMILES string of the molecule is Cc1ncc(COc2ccc(/C(N)=N/OC(=O)C(Cl)(Cl)Cl)cc2)s1. The first-order valence-corrected chi connectivity index (χ1v) is 8.47. The van der Waals surface area contributed by atoms with E-state index in [1.807, 2.05) is 6.92 Å². The number of rotatable bonds is 5. The summed E-state index contributed by atoms with van der Waals surface area (Å²) in [5.74, 6) is -0.534. The van der Waals surface area contributed by atoms with Crippen molar-refractivity contribution in [3.05, 3.63) is 45.9 Å². The maximum atomic E-state index is 11.3. The molecule has 0 spiro atoms. The molecule has 128 valence electrons. The van der Waals surface area contributed by atoms with E-state index in [0.29, 0.717) is 17.9 Å². The molecule has 0 saturated carbocycles. The fourth-order valence-corrected chi connectivity index (χ4v) is 2.36. The van der Waals surface area contributed by atoms with Gasteiger partial charge in [0.25, 0.3) is 3.79 Å². The van der Waals surface area contributed by atoms with Crippen LogP contribution in [0.5, 0.6) is 5.75 Å². The predicted molar refractivity (Wildman–Crippen MR) is 94.7 cm³/mol. The van der Waals surface area contributed by atoms with Crippen molar-refractivity contribution in [2.75, 3.05) is 0 Å². The fourth-order valence-electron chi connectivity index (χ4n) is 1.54. The van der Waals surface area contributed by atoms with Gasteiger partial charge in [-0.1, -0.05) is 40.0 Å². The molecule has 0 atom stereocenters. The van der Waals surface area contributed by atoms with E-state index in [-0.39, 0.29) is 5.84 Å². The van der Waals surface area contributed by atoms with Crippen molar-refractivity contribution in [3.8, 4) is 5.75 Å². The highest BCUT2D eigenvalue weighted by atomic mass is 35.6. The molecule has 0 bridgehead atoms. The molecule has 1 aromatic carbocycles. The van der Waals surface area contributed by atoms with Crippen LogP contribution in [-0.4, -0.2) is 20.6 Å². The Kier molecular flexibility index (Phi) is 6.28. The smallest absolute Gasteiger partial charge is 0.386 e. The standard InChI is InChI=1S/C14H12Cl3N3O3S/c1-8-19-6-11(24-8)7-22-10-4-2-9(3-5-10)12(18)20-23-13(21)14(15,16)17/h2-6H,7H2,1H3,(H2,18,20). The summed E-state index contributed by atoms with van der Waals surface area (Å²) in [6, 6.07) is 6.75. The van der Waals surface area contributed by atoms with E-state index in [0.717, 1.165) is 9.88 Å². The summed E-state index contributed by atoms with van der Waals surface area (Å²) in [5.41, 5.74) is 6.22. The minimum atomic E-state index is -2.21. The zero-order valence-corrected chi connectivity index (χ0v) is 15.4. The fraction of sp³-hybridized carbons (Fsp3) is 0.214. The molecule has 0 aliphatic heterocycles. The molecule has 0 radical (unpaired) electrons. The van der Waals surface area contributed by atoms with Crippen LogP contribution in [0.15, 0.2) is 35.6 Å². The number of carbonyl (C=O) groups excluding carboxylic acids is 1.